The van der Waals surface area contributed by atoms with E-state index in [2.05, 4.69) is 20.5 Å². The lowest BCUT2D eigenvalue weighted by Crippen LogP contribution is -2.13. The topological polar surface area (TPSA) is 59.4 Å². The van der Waals surface area contributed by atoms with Gasteiger partial charge < -0.3 is 4.74 Å². The smallest absolute Gasteiger partial charge is 0.451 e. The van der Waals surface area contributed by atoms with Gasteiger partial charge in [-0.1, -0.05) is 12.1 Å². The van der Waals surface area contributed by atoms with Crippen LogP contribution in [0.25, 0.3) is 10.9 Å². The zero-order valence-corrected chi connectivity index (χ0v) is 14.0. The summed E-state index contributed by atoms with van der Waals surface area (Å²) in [6, 6.07) is 13.6. The first-order valence-corrected chi connectivity index (χ1v) is 7.67. The molecule has 0 radical (unpaired) electrons. The number of alkyl halides is 3. The molecule has 2 aromatic carbocycles. The predicted octanol–water partition coefficient (Wildman–Crippen LogP) is 4.49. The molecule has 1 N–H and O–H groups in total. The van der Waals surface area contributed by atoms with Gasteiger partial charge in [-0.3, -0.25) is 5.43 Å². The first-order chi connectivity index (χ1) is 12.4. The fourth-order valence-corrected chi connectivity index (χ4v) is 2.32. The number of benzene rings is 2. The Morgan fingerprint density at radius 3 is 2.38 bits per heavy atom. The average molecular weight is 360 g/mol. The van der Waals surface area contributed by atoms with Crippen molar-refractivity contribution in [2.45, 2.75) is 13.1 Å². The molecular formula is C18H15F3N4O. The molecular weight excluding hydrogens is 345 g/mol. The van der Waals surface area contributed by atoms with Gasteiger partial charge in [0, 0.05) is 5.39 Å². The van der Waals surface area contributed by atoms with E-state index < -0.39 is 12.0 Å². The molecule has 26 heavy (non-hydrogen) atoms. The van der Waals surface area contributed by atoms with Crippen molar-refractivity contribution >= 4 is 22.4 Å². The van der Waals surface area contributed by atoms with E-state index in [1.165, 1.54) is 6.07 Å². The second kappa shape index (κ2) is 6.99. The van der Waals surface area contributed by atoms with Crippen LogP contribution < -0.4 is 10.2 Å². The number of para-hydroxylation sites is 1. The van der Waals surface area contributed by atoms with Gasteiger partial charge in [-0.15, -0.1) is 0 Å². The van der Waals surface area contributed by atoms with Crippen molar-refractivity contribution in [3.63, 3.8) is 0 Å². The highest BCUT2D eigenvalue weighted by molar-refractivity contribution is 5.99. The van der Waals surface area contributed by atoms with Crippen molar-refractivity contribution in [2.75, 3.05) is 12.5 Å². The summed E-state index contributed by atoms with van der Waals surface area (Å²) in [5.41, 5.74) is 4.21. The summed E-state index contributed by atoms with van der Waals surface area (Å²) in [7, 11) is 1.57. The minimum atomic E-state index is -4.64. The summed E-state index contributed by atoms with van der Waals surface area (Å²) in [6.07, 6.45) is -4.64. The largest absolute Gasteiger partial charge is 0.497 e. The minimum absolute atomic E-state index is 0.00390. The van der Waals surface area contributed by atoms with E-state index in [4.69, 9.17) is 4.74 Å². The number of hydrogen-bond acceptors (Lipinski definition) is 5. The van der Waals surface area contributed by atoms with Crippen LogP contribution in [0.4, 0.5) is 19.0 Å². The summed E-state index contributed by atoms with van der Waals surface area (Å²) in [5, 5.41) is 4.61. The SMILES string of the molecule is COc1ccc(/C(C)=N\Nc2nc(C(F)(F)F)nc3ccccc23)cc1. The quantitative estimate of drug-likeness (QED) is 0.550. The van der Waals surface area contributed by atoms with Crippen LogP contribution in [0.1, 0.15) is 18.3 Å². The molecule has 1 aromatic heterocycles. The van der Waals surface area contributed by atoms with Gasteiger partial charge >= 0.3 is 6.18 Å². The summed E-state index contributed by atoms with van der Waals surface area (Å²) in [4.78, 5) is 7.16. The molecule has 3 aromatic rings. The van der Waals surface area contributed by atoms with Crippen molar-refractivity contribution in [3.8, 4) is 5.75 Å². The van der Waals surface area contributed by atoms with E-state index in [1.807, 2.05) is 0 Å². The monoisotopic (exact) mass is 360 g/mol. The number of nitrogens with zero attached hydrogens (tertiary/aromatic N) is 3. The summed E-state index contributed by atoms with van der Waals surface area (Å²) in [6.45, 7) is 1.74. The third kappa shape index (κ3) is 3.74. The number of ether oxygens (including phenoxy) is 1. The first-order valence-electron chi connectivity index (χ1n) is 7.67. The van der Waals surface area contributed by atoms with Crippen molar-refractivity contribution in [2.24, 2.45) is 5.10 Å². The Morgan fingerprint density at radius 1 is 1.04 bits per heavy atom. The lowest BCUT2D eigenvalue weighted by atomic mass is 10.1. The van der Waals surface area contributed by atoms with Gasteiger partial charge in [0.25, 0.3) is 0 Å². The van der Waals surface area contributed by atoms with E-state index in [1.54, 1.807) is 56.5 Å². The molecule has 3 rings (SSSR count). The van der Waals surface area contributed by atoms with E-state index >= 15 is 0 Å². The van der Waals surface area contributed by atoms with Crippen molar-refractivity contribution in [1.82, 2.24) is 9.97 Å². The van der Waals surface area contributed by atoms with Gasteiger partial charge in [-0.25, -0.2) is 9.97 Å². The van der Waals surface area contributed by atoms with E-state index in [9.17, 15) is 13.2 Å². The predicted molar refractivity (Wildman–Crippen MR) is 93.4 cm³/mol. The van der Waals surface area contributed by atoms with Gasteiger partial charge in [0.1, 0.15) is 5.75 Å². The molecule has 0 aliphatic heterocycles. The molecule has 0 atom stereocenters. The highest BCUT2D eigenvalue weighted by atomic mass is 19.4. The number of hydrogen-bond donors (Lipinski definition) is 1. The molecule has 0 aliphatic carbocycles. The number of halogens is 3. The minimum Gasteiger partial charge on any atom is -0.497 e. The number of hydrazone groups is 1. The summed E-state index contributed by atoms with van der Waals surface area (Å²) >= 11 is 0. The fourth-order valence-electron chi connectivity index (χ4n) is 2.32. The van der Waals surface area contributed by atoms with Crippen LogP contribution in [0.2, 0.25) is 0 Å². The number of nitrogens with one attached hydrogen (secondary N) is 1. The summed E-state index contributed by atoms with van der Waals surface area (Å²) < 4.78 is 44.2. The van der Waals surface area contributed by atoms with Gasteiger partial charge in [0.05, 0.1) is 18.3 Å². The van der Waals surface area contributed by atoms with Crippen molar-refractivity contribution in [3.05, 3.63) is 59.9 Å². The van der Waals surface area contributed by atoms with Crippen LogP contribution in [-0.4, -0.2) is 22.8 Å². The van der Waals surface area contributed by atoms with Crippen LogP contribution in [0.15, 0.2) is 53.6 Å². The number of aromatic nitrogens is 2. The maximum atomic E-state index is 13.0. The van der Waals surface area contributed by atoms with E-state index in [0.29, 0.717) is 16.8 Å². The van der Waals surface area contributed by atoms with E-state index in [0.717, 1.165) is 5.56 Å². The second-order valence-corrected chi connectivity index (χ2v) is 5.45. The second-order valence-electron chi connectivity index (χ2n) is 5.45. The molecule has 0 unspecified atom stereocenters. The fraction of sp³-hybridized carbons (Fsp3) is 0.167. The van der Waals surface area contributed by atoms with Gasteiger partial charge in [-0.05, 0) is 48.9 Å². The Labute approximate surface area is 147 Å². The Bertz CT molecular complexity index is 953. The normalized spacial score (nSPS) is 12.3. The molecule has 134 valence electrons. The Morgan fingerprint density at radius 2 is 1.73 bits per heavy atom. The Kier molecular flexibility index (Phi) is 4.75. The van der Waals surface area contributed by atoms with Crippen LogP contribution in [-0.2, 0) is 6.18 Å². The number of fused-ring (bicyclic) bond motifs is 1. The first kappa shape index (κ1) is 17.7. The average Bonchev–Trinajstić information content (AvgIpc) is 2.65. The lowest BCUT2D eigenvalue weighted by Gasteiger charge is -2.10. The zero-order valence-electron chi connectivity index (χ0n) is 14.0. The maximum Gasteiger partial charge on any atom is 0.451 e. The Hall–Kier alpha value is -3.16. The van der Waals surface area contributed by atoms with Crippen LogP contribution in [0, 0.1) is 0 Å². The van der Waals surface area contributed by atoms with Crippen molar-refractivity contribution < 1.29 is 17.9 Å². The molecule has 0 saturated carbocycles. The zero-order chi connectivity index (χ0) is 18.7. The molecule has 1 heterocycles. The van der Waals surface area contributed by atoms with Crippen LogP contribution in [0.3, 0.4) is 0 Å². The van der Waals surface area contributed by atoms with E-state index in [-0.39, 0.29) is 11.3 Å². The summed E-state index contributed by atoms with van der Waals surface area (Å²) in [5.74, 6) is -0.516. The molecule has 5 nitrogen and oxygen atoms in total. The lowest BCUT2D eigenvalue weighted by molar-refractivity contribution is -0.144. The van der Waals surface area contributed by atoms with Gasteiger partial charge in [0.2, 0.25) is 5.82 Å². The number of rotatable bonds is 4. The molecule has 0 amide bonds. The molecule has 0 bridgehead atoms. The highest BCUT2D eigenvalue weighted by Crippen LogP contribution is 2.30. The molecule has 8 heteroatoms. The highest BCUT2D eigenvalue weighted by Gasteiger charge is 2.35. The maximum absolute atomic E-state index is 13.0. The van der Waals surface area contributed by atoms with Crippen LogP contribution in [0.5, 0.6) is 5.75 Å². The van der Waals surface area contributed by atoms with Gasteiger partial charge in [0.15, 0.2) is 5.82 Å². The standard InChI is InChI=1S/C18H15F3N4O/c1-11(12-7-9-13(26-2)10-8-12)24-25-16-14-5-3-4-6-15(14)22-17(23-16)18(19,20)21/h3-10H,1-2H3,(H,22,23,25)/b24-11-. The third-order valence-electron chi connectivity index (χ3n) is 3.69. The Balaban J connectivity index is 1.96. The molecule has 0 saturated heterocycles. The number of anilines is 1. The molecule has 0 spiro atoms. The van der Waals surface area contributed by atoms with Crippen molar-refractivity contribution in [1.29, 1.82) is 0 Å². The molecule has 0 aliphatic rings. The van der Waals surface area contributed by atoms with Crippen LogP contribution >= 0.6 is 0 Å². The third-order valence-corrected chi connectivity index (χ3v) is 3.69. The number of methoxy groups -OCH3 is 1. The molecule has 0 fully saturated rings. The van der Waals surface area contributed by atoms with Gasteiger partial charge in [-0.2, -0.15) is 18.3 Å².